The normalized spacial score (nSPS) is 11.5. The molecule has 0 amide bonds. The number of hydrogen-bond acceptors (Lipinski definition) is 6. The van der Waals surface area contributed by atoms with E-state index in [-0.39, 0.29) is 10.8 Å². The number of aromatic nitrogens is 3. The molecular formula is C26H17F3N4O3S. The fourth-order valence-corrected chi connectivity index (χ4v) is 4.86. The second kappa shape index (κ2) is 9.51. The topological polar surface area (TPSA) is 94.1 Å². The van der Waals surface area contributed by atoms with Crippen LogP contribution in [-0.4, -0.2) is 30.5 Å². The predicted octanol–water partition coefficient (Wildman–Crippen LogP) is 5.59. The molecule has 2 aromatic heterocycles. The van der Waals surface area contributed by atoms with E-state index in [9.17, 15) is 21.6 Å². The number of pyridine rings is 1. The number of anilines is 1. The molecule has 37 heavy (non-hydrogen) atoms. The molecule has 1 N–H and O–H groups in total. The highest BCUT2D eigenvalue weighted by Crippen LogP contribution is 2.37. The third kappa shape index (κ3) is 4.94. The van der Waals surface area contributed by atoms with Gasteiger partial charge in [0, 0.05) is 23.2 Å². The van der Waals surface area contributed by atoms with Crippen LogP contribution in [0.4, 0.5) is 19.1 Å². The average molecular weight is 523 g/mol. The van der Waals surface area contributed by atoms with Crippen LogP contribution in [-0.2, 0) is 10.0 Å². The first-order valence-electron chi connectivity index (χ1n) is 10.8. The summed E-state index contributed by atoms with van der Waals surface area (Å²) >= 11 is 0. The van der Waals surface area contributed by atoms with Crippen LogP contribution in [0.25, 0.3) is 33.2 Å². The molecule has 7 nitrogen and oxygen atoms in total. The third-order valence-electron chi connectivity index (χ3n) is 5.54. The van der Waals surface area contributed by atoms with Crippen molar-refractivity contribution >= 4 is 26.7 Å². The van der Waals surface area contributed by atoms with Crippen LogP contribution >= 0.6 is 0 Å². The molecule has 0 aliphatic carbocycles. The van der Waals surface area contributed by atoms with Crippen LogP contribution in [0.2, 0.25) is 0 Å². The van der Waals surface area contributed by atoms with E-state index in [0.717, 1.165) is 18.5 Å². The Kier molecular flexibility index (Phi) is 6.22. The number of ether oxygens (including phenoxy) is 1. The zero-order chi connectivity index (χ0) is 26.2. The standard InChI is InChI=1S/C26H17F3N4O3S/c1-36-24-11-15(17-8-18(27)12-19(28)9-17)2-4-23(24)25-22-5-3-21(10-16(22)6-7-30-25)37(34,35)33-26-31-13-20(29)14-32-26/h2-14H,1H3,(H,31,32,33). The molecule has 5 aromatic rings. The smallest absolute Gasteiger partial charge is 0.264 e. The summed E-state index contributed by atoms with van der Waals surface area (Å²) < 4.78 is 73.9. The lowest BCUT2D eigenvalue weighted by Gasteiger charge is -2.13. The first-order valence-corrected chi connectivity index (χ1v) is 12.3. The van der Waals surface area contributed by atoms with E-state index < -0.39 is 27.5 Å². The largest absolute Gasteiger partial charge is 0.496 e. The summed E-state index contributed by atoms with van der Waals surface area (Å²) in [5.41, 5.74) is 2.01. The summed E-state index contributed by atoms with van der Waals surface area (Å²) in [6.07, 6.45) is 3.24. The Balaban J connectivity index is 1.54. The molecule has 0 fully saturated rings. The highest BCUT2D eigenvalue weighted by Gasteiger charge is 2.19. The Morgan fingerprint density at radius 1 is 0.784 bits per heavy atom. The number of rotatable bonds is 6. The number of halogens is 3. The summed E-state index contributed by atoms with van der Waals surface area (Å²) in [4.78, 5) is 11.7. The van der Waals surface area contributed by atoms with Crippen LogP contribution in [0.5, 0.6) is 5.75 Å². The van der Waals surface area contributed by atoms with Gasteiger partial charge in [-0.3, -0.25) is 4.98 Å². The number of hydrogen-bond donors (Lipinski definition) is 1. The van der Waals surface area contributed by atoms with Gasteiger partial charge in [-0.05, 0) is 59.0 Å². The quantitative estimate of drug-likeness (QED) is 0.313. The monoisotopic (exact) mass is 522 g/mol. The van der Waals surface area contributed by atoms with E-state index in [1.54, 1.807) is 30.3 Å². The lowest BCUT2D eigenvalue weighted by molar-refractivity contribution is 0.416. The van der Waals surface area contributed by atoms with Gasteiger partial charge >= 0.3 is 0 Å². The Hall–Kier alpha value is -4.51. The van der Waals surface area contributed by atoms with Crippen molar-refractivity contribution < 1.29 is 26.3 Å². The van der Waals surface area contributed by atoms with Crippen molar-refractivity contribution in [3.63, 3.8) is 0 Å². The van der Waals surface area contributed by atoms with Gasteiger partial charge in [0.15, 0.2) is 5.82 Å². The molecule has 5 rings (SSSR count). The molecule has 0 spiro atoms. The number of methoxy groups -OCH3 is 1. The maximum atomic E-state index is 13.7. The minimum Gasteiger partial charge on any atom is -0.496 e. The Labute approximate surface area is 209 Å². The van der Waals surface area contributed by atoms with Crippen LogP contribution < -0.4 is 9.46 Å². The highest BCUT2D eigenvalue weighted by atomic mass is 32.2. The SMILES string of the molecule is COc1cc(-c2cc(F)cc(F)c2)ccc1-c1nccc2cc(S(=O)(=O)Nc3ncc(F)cn3)ccc12. The summed E-state index contributed by atoms with van der Waals surface area (Å²) in [6, 6.07) is 14.4. The highest BCUT2D eigenvalue weighted by molar-refractivity contribution is 7.92. The van der Waals surface area contributed by atoms with Crippen LogP contribution in [0, 0.1) is 17.5 Å². The van der Waals surface area contributed by atoms with Gasteiger partial charge in [0.25, 0.3) is 10.0 Å². The summed E-state index contributed by atoms with van der Waals surface area (Å²) in [6.45, 7) is 0. The Morgan fingerprint density at radius 2 is 1.51 bits per heavy atom. The van der Waals surface area contributed by atoms with E-state index in [2.05, 4.69) is 19.7 Å². The van der Waals surface area contributed by atoms with Gasteiger partial charge in [-0.25, -0.2) is 36.3 Å². The van der Waals surface area contributed by atoms with Crippen molar-refractivity contribution in [2.75, 3.05) is 11.8 Å². The minimum absolute atomic E-state index is 0.0551. The van der Waals surface area contributed by atoms with Gasteiger partial charge in [0.05, 0.1) is 30.1 Å². The van der Waals surface area contributed by atoms with Crippen molar-refractivity contribution in [3.05, 3.63) is 96.7 Å². The van der Waals surface area contributed by atoms with Crippen molar-refractivity contribution in [2.24, 2.45) is 0 Å². The molecule has 11 heteroatoms. The Bertz CT molecular complexity index is 1730. The van der Waals surface area contributed by atoms with E-state index in [4.69, 9.17) is 4.74 Å². The number of fused-ring (bicyclic) bond motifs is 1. The molecule has 0 unspecified atom stereocenters. The molecule has 0 saturated carbocycles. The first-order chi connectivity index (χ1) is 17.7. The summed E-state index contributed by atoms with van der Waals surface area (Å²) in [5.74, 6) is -1.94. The third-order valence-corrected chi connectivity index (χ3v) is 6.87. The fourth-order valence-electron chi connectivity index (χ4n) is 3.87. The minimum atomic E-state index is -4.06. The van der Waals surface area contributed by atoms with Crippen molar-refractivity contribution in [2.45, 2.75) is 4.90 Å². The molecule has 3 aromatic carbocycles. The number of nitrogens with one attached hydrogen (secondary N) is 1. The second-order valence-corrected chi connectivity index (χ2v) is 9.63. The van der Waals surface area contributed by atoms with Crippen LogP contribution in [0.15, 0.2) is 84.1 Å². The van der Waals surface area contributed by atoms with Gasteiger partial charge in [-0.2, -0.15) is 0 Å². The number of sulfonamides is 1. The van der Waals surface area contributed by atoms with Gasteiger partial charge in [-0.1, -0.05) is 12.1 Å². The fraction of sp³-hybridized carbons (Fsp3) is 0.0385. The van der Waals surface area contributed by atoms with E-state index >= 15 is 0 Å². The molecule has 0 bridgehead atoms. The zero-order valence-electron chi connectivity index (χ0n) is 19.1. The first kappa shape index (κ1) is 24.2. The van der Waals surface area contributed by atoms with Gasteiger partial charge < -0.3 is 4.74 Å². The van der Waals surface area contributed by atoms with E-state index in [0.29, 0.717) is 38.9 Å². The van der Waals surface area contributed by atoms with Gasteiger partial charge in [0.2, 0.25) is 5.95 Å². The van der Waals surface area contributed by atoms with Crippen LogP contribution in [0.1, 0.15) is 0 Å². The van der Waals surface area contributed by atoms with Crippen molar-refractivity contribution in [1.82, 2.24) is 15.0 Å². The zero-order valence-corrected chi connectivity index (χ0v) is 19.9. The Morgan fingerprint density at radius 3 is 2.22 bits per heavy atom. The predicted molar refractivity (Wildman–Crippen MR) is 132 cm³/mol. The van der Waals surface area contributed by atoms with E-state index in [1.807, 2.05) is 0 Å². The molecule has 0 radical (unpaired) electrons. The molecular weight excluding hydrogens is 505 g/mol. The summed E-state index contributed by atoms with van der Waals surface area (Å²) in [7, 11) is -2.59. The summed E-state index contributed by atoms with van der Waals surface area (Å²) in [5, 5.41) is 1.22. The molecule has 0 saturated heterocycles. The lowest BCUT2D eigenvalue weighted by atomic mass is 9.99. The average Bonchev–Trinajstić information content (AvgIpc) is 2.88. The van der Waals surface area contributed by atoms with E-state index in [1.165, 1.54) is 37.6 Å². The maximum absolute atomic E-state index is 13.7. The molecule has 0 aliphatic heterocycles. The number of benzene rings is 3. The van der Waals surface area contributed by atoms with Crippen LogP contribution in [0.3, 0.4) is 0 Å². The number of nitrogens with zero attached hydrogens (tertiary/aromatic N) is 3. The van der Waals surface area contributed by atoms with Crippen molar-refractivity contribution in [1.29, 1.82) is 0 Å². The van der Waals surface area contributed by atoms with Gasteiger partial charge in [-0.15, -0.1) is 0 Å². The molecule has 0 atom stereocenters. The molecule has 2 heterocycles. The lowest BCUT2D eigenvalue weighted by Crippen LogP contribution is -2.15. The maximum Gasteiger partial charge on any atom is 0.264 e. The molecule has 186 valence electrons. The van der Waals surface area contributed by atoms with Crippen molar-refractivity contribution in [3.8, 4) is 28.1 Å². The van der Waals surface area contributed by atoms with Gasteiger partial charge in [0.1, 0.15) is 17.4 Å². The molecule has 0 aliphatic rings. The second-order valence-electron chi connectivity index (χ2n) is 7.95.